The first kappa shape index (κ1) is 17.5. The lowest BCUT2D eigenvalue weighted by molar-refractivity contribution is 0.0940. The Labute approximate surface area is 162 Å². The van der Waals surface area contributed by atoms with Crippen molar-refractivity contribution in [1.82, 2.24) is 15.1 Å². The van der Waals surface area contributed by atoms with E-state index in [1.807, 2.05) is 61.1 Å². The van der Waals surface area contributed by atoms with Crippen LogP contribution in [-0.2, 0) is 13.5 Å². The van der Waals surface area contributed by atoms with Crippen molar-refractivity contribution in [3.05, 3.63) is 88.4 Å². The number of hydrogen-bond acceptors (Lipinski definition) is 3. The van der Waals surface area contributed by atoms with E-state index in [0.29, 0.717) is 0 Å². The van der Waals surface area contributed by atoms with Crippen molar-refractivity contribution in [2.24, 2.45) is 7.05 Å². The van der Waals surface area contributed by atoms with Gasteiger partial charge in [-0.2, -0.15) is 5.10 Å². The lowest BCUT2D eigenvalue weighted by Gasteiger charge is -2.19. The maximum Gasteiger partial charge on any atom is 0.261 e. The molecule has 0 bridgehead atoms. The summed E-state index contributed by atoms with van der Waals surface area (Å²) < 4.78 is 1.84. The summed E-state index contributed by atoms with van der Waals surface area (Å²) in [5.41, 5.74) is 3.25. The third kappa shape index (κ3) is 3.64. The molecule has 0 aliphatic carbocycles. The summed E-state index contributed by atoms with van der Waals surface area (Å²) in [4.78, 5) is 14.7. The Hall–Kier alpha value is -2.92. The van der Waals surface area contributed by atoms with Gasteiger partial charge in [0.25, 0.3) is 5.91 Å². The highest BCUT2D eigenvalue weighted by Gasteiger charge is 2.19. The Kier molecular flexibility index (Phi) is 4.77. The highest BCUT2D eigenvalue weighted by molar-refractivity contribution is 7.20. The molecule has 0 spiro atoms. The fourth-order valence-electron chi connectivity index (χ4n) is 3.33. The molecule has 1 atom stereocenters. The Balaban J connectivity index is 1.61. The first-order chi connectivity index (χ1) is 13.1. The van der Waals surface area contributed by atoms with Crippen molar-refractivity contribution in [2.45, 2.75) is 19.4 Å². The van der Waals surface area contributed by atoms with Crippen LogP contribution < -0.4 is 5.32 Å². The van der Waals surface area contributed by atoms with Gasteiger partial charge < -0.3 is 5.32 Å². The van der Waals surface area contributed by atoms with Crippen molar-refractivity contribution < 1.29 is 4.79 Å². The van der Waals surface area contributed by atoms with Gasteiger partial charge in [-0.05, 0) is 30.5 Å². The summed E-state index contributed by atoms with van der Waals surface area (Å²) >= 11 is 1.48. The quantitative estimate of drug-likeness (QED) is 0.552. The zero-order chi connectivity index (χ0) is 18.8. The number of benzene rings is 2. The number of thiophene rings is 1. The van der Waals surface area contributed by atoms with Crippen LogP contribution in [0.1, 0.15) is 32.5 Å². The molecule has 0 unspecified atom stereocenters. The maximum atomic E-state index is 13.0. The Bertz CT molecular complexity index is 1030. The van der Waals surface area contributed by atoms with Crippen molar-refractivity contribution >= 4 is 27.5 Å². The molecule has 0 aliphatic rings. The second kappa shape index (κ2) is 7.37. The van der Waals surface area contributed by atoms with Crippen LogP contribution in [0, 0.1) is 6.92 Å². The van der Waals surface area contributed by atoms with Gasteiger partial charge in [-0.15, -0.1) is 11.3 Å². The van der Waals surface area contributed by atoms with Crippen molar-refractivity contribution in [3.63, 3.8) is 0 Å². The number of rotatable bonds is 5. The van der Waals surface area contributed by atoms with E-state index in [1.54, 1.807) is 0 Å². The summed E-state index contributed by atoms with van der Waals surface area (Å²) in [7, 11) is 1.91. The number of fused-ring (bicyclic) bond motifs is 1. The Morgan fingerprint density at radius 2 is 1.78 bits per heavy atom. The fraction of sp³-hybridized carbons (Fsp3) is 0.182. The van der Waals surface area contributed by atoms with Gasteiger partial charge in [-0.1, -0.05) is 60.7 Å². The normalized spacial score (nSPS) is 12.2. The molecule has 5 heteroatoms. The number of aromatic nitrogens is 2. The highest BCUT2D eigenvalue weighted by Crippen LogP contribution is 2.28. The first-order valence-corrected chi connectivity index (χ1v) is 9.76. The van der Waals surface area contributed by atoms with Crippen LogP contribution in [0.4, 0.5) is 0 Å². The van der Waals surface area contributed by atoms with Gasteiger partial charge in [0.15, 0.2) is 0 Å². The SMILES string of the molecule is Cc1nn(C)c2sc(C(=O)N[C@H](Cc3ccccc3)c3ccccc3)cc12. The molecule has 4 nitrogen and oxygen atoms in total. The van der Waals surface area contributed by atoms with Crippen molar-refractivity contribution in [1.29, 1.82) is 0 Å². The summed E-state index contributed by atoms with van der Waals surface area (Å²) in [5, 5.41) is 8.69. The Morgan fingerprint density at radius 3 is 2.44 bits per heavy atom. The van der Waals surface area contributed by atoms with E-state index in [2.05, 4.69) is 34.7 Å². The third-order valence-corrected chi connectivity index (χ3v) is 5.91. The topological polar surface area (TPSA) is 46.9 Å². The van der Waals surface area contributed by atoms with Crippen LogP contribution in [0.25, 0.3) is 10.2 Å². The molecule has 2 heterocycles. The third-order valence-electron chi connectivity index (χ3n) is 4.71. The molecule has 0 radical (unpaired) electrons. The molecule has 4 aromatic rings. The fourth-order valence-corrected chi connectivity index (χ4v) is 4.36. The lowest BCUT2D eigenvalue weighted by atomic mass is 9.99. The Morgan fingerprint density at radius 1 is 1.11 bits per heavy atom. The second-order valence-corrected chi connectivity index (χ2v) is 7.70. The van der Waals surface area contributed by atoms with E-state index in [4.69, 9.17) is 0 Å². The zero-order valence-electron chi connectivity index (χ0n) is 15.3. The number of carbonyl (C=O) groups is 1. The molecule has 0 saturated carbocycles. The van der Waals surface area contributed by atoms with E-state index >= 15 is 0 Å². The van der Waals surface area contributed by atoms with Crippen molar-refractivity contribution in [2.75, 3.05) is 0 Å². The number of hydrogen-bond donors (Lipinski definition) is 1. The van der Waals surface area contributed by atoms with Crippen LogP contribution in [0.15, 0.2) is 66.7 Å². The summed E-state index contributed by atoms with van der Waals surface area (Å²) in [6.07, 6.45) is 0.752. The van der Waals surface area contributed by atoms with E-state index in [1.165, 1.54) is 16.9 Å². The highest BCUT2D eigenvalue weighted by atomic mass is 32.1. The summed E-state index contributed by atoms with van der Waals surface area (Å²) in [6.45, 7) is 1.97. The average Bonchev–Trinajstić information content (AvgIpc) is 3.24. The lowest BCUT2D eigenvalue weighted by Crippen LogP contribution is -2.29. The molecule has 0 fully saturated rings. The van der Waals surface area contributed by atoms with E-state index < -0.39 is 0 Å². The van der Waals surface area contributed by atoms with Crippen LogP contribution in [0.2, 0.25) is 0 Å². The molecule has 27 heavy (non-hydrogen) atoms. The minimum Gasteiger partial charge on any atom is -0.344 e. The van der Waals surface area contributed by atoms with E-state index in [9.17, 15) is 4.79 Å². The number of carbonyl (C=O) groups excluding carboxylic acids is 1. The first-order valence-electron chi connectivity index (χ1n) is 8.94. The molecule has 0 saturated heterocycles. The molecule has 2 aromatic heterocycles. The predicted octanol–water partition coefficient (Wildman–Crippen LogP) is 4.66. The molecule has 1 N–H and O–H groups in total. The number of aryl methyl sites for hydroxylation is 2. The molecule has 0 aliphatic heterocycles. The van der Waals surface area contributed by atoms with Gasteiger partial charge in [-0.25, -0.2) is 0 Å². The molecule has 2 aromatic carbocycles. The number of nitrogens with one attached hydrogen (secondary N) is 1. The largest absolute Gasteiger partial charge is 0.344 e. The standard InChI is InChI=1S/C22H21N3OS/c1-15-18-14-20(27-22(18)25(2)24-15)21(26)23-19(17-11-7-4-8-12-17)13-16-9-5-3-6-10-16/h3-12,14,19H,13H2,1-2H3,(H,23,26)/t19-/m1/s1. The van der Waals surface area contributed by atoms with E-state index in [-0.39, 0.29) is 11.9 Å². The van der Waals surface area contributed by atoms with Crippen LogP contribution in [0.5, 0.6) is 0 Å². The number of amides is 1. The monoisotopic (exact) mass is 375 g/mol. The van der Waals surface area contributed by atoms with Gasteiger partial charge in [0.05, 0.1) is 16.6 Å². The minimum atomic E-state index is -0.0782. The number of nitrogens with zero attached hydrogens (tertiary/aromatic N) is 2. The minimum absolute atomic E-state index is 0.0413. The molecule has 4 rings (SSSR count). The van der Waals surface area contributed by atoms with Gasteiger partial charge in [0.2, 0.25) is 0 Å². The summed E-state index contributed by atoms with van der Waals surface area (Å²) in [5.74, 6) is -0.0413. The predicted molar refractivity (Wildman–Crippen MR) is 110 cm³/mol. The molecule has 136 valence electrons. The van der Waals surface area contributed by atoms with Crippen LogP contribution >= 0.6 is 11.3 Å². The van der Waals surface area contributed by atoms with E-state index in [0.717, 1.165) is 32.8 Å². The van der Waals surface area contributed by atoms with Crippen LogP contribution in [0.3, 0.4) is 0 Å². The average molecular weight is 375 g/mol. The van der Waals surface area contributed by atoms with Gasteiger partial charge in [-0.3, -0.25) is 9.48 Å². The van der Waals surface area contributed by atoms with Gasteiger partial charge in [0.1, 0.15) is 4.83 Å². The van der Waals surface area contributed by atoms with Gasteiger partial charge in [0, 0.05) is 12.4 Å². The van der Waals surface area contributed by atoms with Crippen molar-refractivity contribution in [3.8, 4) is 0 Å². The summed E-state index contributed by atoms with van der Waals surface area (Å²) in [6, 6.07) is 22.3. The maximum absolute atomic E-state index is 13.0. The van der Waals surface area contributed by atoms with Crippen LogP contribution in [-0.4, -0.2) is 15.7 Å². The smallest absolute Gasteiger partial charge is 0.261 e. The molecule has 1 amide bonds. The zero-order valence-corrected chi connectivity index (χ0v) is 16.2. The van der Waals surface area contributed by atoms with Gasteiger partial charge >= 0.3 is 0 Å². The molecular formula is C22H21N3OS. The second-order valence-electron chi connectivity index (χ2n) is 6.66. The molecular weight excluding hydrogens is 354 g/mol.